The Labute approximate surface area is 127 Å². The van der Waals surface area contributed by atoms with Gasteiger partial charge in [0, 0.05) is 18.4 Å². The van der Waals surface area contributed by atoms with Crippen LogP contribution in [0.4, 0.5) is 0 Å². The first-order valence-corrected chi connectivity index (χ1v) is 8.92. The lowest BCUT2D eigenvalue weighted by atomic mass is 9.40. The molecule has 21 heavy (non-hydrogen) atoms. The maximum Gasteiger partial charge on any atom is 0.139 e. The zero-order valence-corrected chi connectivity index (χ0v) is 13.5. The Bertz CT molecular complexity index is 584. The monoisotopic (exact) mass is 285 g/mol. The summed E-state index contributed by atoms with van der Waals surface area (Å²) in [5.41, 5.74) is 1.48. The smallest absolute Gasteiger partial charge is 0.139 e. The van der Waals surface area contributed by atoms with E-state index >= 15 is 0 Å². The third kappa shape index (κ3) is 1.66. The van der Waals surface area contributed by atoms with Gasteiger partial charge in [-0.1, -0.05) is 13.8 Å². The van der Waals surface area contributed by atoms with E-state index in [-0.39, 0.29) is 0 Å². The number of rotatable bonds is 1. The minimum Gasteiger partial charge on any atom is -0.315 e. The lowest BCUT2D eigenvalue weighted by molar-refractivity contribution is -0.113. The third-order valence-corrected chi connectivity index (χ3v) is 6.96. The van der Waals surface area contributed by atoms with Gasteiger partial charge in [0.15, 0.2) is 0 Å². The number of fused-ring (bicyclic) bond motifs is 1. The average molecular weight is 285 g/mol. The molecule has 0 spiro atoms. The van der Waals surface area contributed by atoms with Crippen LogP contribution >= 0.6 is 0 Å². The van der Waals surface area contributed by atoms with Crippen molar-refractivity contribution >= 4 is 0 Å². The van der Waals surface area contributed by atoms with Crippen LogP contribution in [-0.2, 0) is 18.4 Å². The predicted octanol–water partition coefficient (Wildman–Crippen LogP) is 3.86. The fraction of sp³-hybridized carbons (Fsp3) is 0.889. The van der Waals surface area contributed by atoms with E-state index in [9.17, 15) is 0 Å². The summed E-state index contributed by atoms with van der Waals surface area (Å²) >= 11 is 0. The summed E-state index contributed by atoms with van der Waals surface area (Å²) in [5, 5.41) is 9.34. The van der Waals surface area contributed by atoms with Gasteiger partial charge in [-0.05, 0) is 68.1 Å². The molecule has 0 aromatic carbocycles. The van der Waals surface area contributed by atoms with Crippen molar-refractivity contribution in [3.8, 4) is 0 Å². The molecular weight excluding hydrogens is 258 g/mol. The van der Waals surface area contributed by atoms with E-state index in [1.54, 1.807) is 0 Å². The fourth-order valence-electron chi connectivity index (χ4n) is 7.40. The van der Waals surface area contributed by atoms with Crippen LogP contribution in [0.15, 0.2) is 0 Å². The summed E-state index contributed by atoms with van der Waals surface area (Å²) < 4.78 is 2.52. The molecule has 0 saturated heterocycles. The fourth-order valence-corrected chi connectivity index (χ4v) is 7.40. The maximum atomic E-state index is 4.76. The van der Waals surface area contributed by atoms with Gasteiger partial charge in [0.05, 0.1) is 0 Å². The molecule has 3 heteroatoms. The van der Waals surface area contributed by atoms with Gasteiger partial charge < -0.3 is 4.57 Å². The van der Waals surface area contributed by atoms with Crippen LogP contribution in [0.1, 0.15) is 76.9 Å². The van der Waals surface area contributed by atoms with Crippen molar-refractivity contribution in [3.63, 3.8) is 0 Å². The highest BCUT2D eigenvalue weighted by Crippen LogP contribution is 2.69. The first-order valence-electron chi connectivity index (χ1n) is 8.92. The van der Waals surface area contributed by atoms with E-state index in [4.69, 9.17) is 5.10 Å². The molecule has 1 aromatic rings. The third-order valence-electron chi connectivity index (χ3n) is 6.96. The number of nitrogens with zero attached hydrogens (tertiary/aromatic N) is 3. The molecule has 2 atom stereocenters. The molecule has 4 fully saturated rings. The highest BCUT2D eigenvalue weighted by atomic mass is 15.3. The second kappa shape index (κ2) is 3.72. The molecule has 114 valence electrons. The standard InChI is InChI=1S/C18H27N3/c1-16-7-13-8-17(2,10-16)12-18(9-13,11-16)15-20-19-14-5-3-4-6-21(14)15/h13H,3-12H2,1-2H3. The van der Waals surface area contributed by atoms with Crippen molar-refractivity contribution in [1.82, 2.24) is 14.8 Å². The maximum absolute atomic E-state index is 4.76. The molecule has 4 saturated carbocycles. The van der Waals surface area contributed by atoms with Crippen LogP contribution in [0, 0.1) is 16.7 Å². The Morgan fingerprint density at radius 2 is 1.71 bits per heavy atom. The van der Waals surface area contributed by atoms with Crippen LogP contribution in [0.2, 0.25) is 0 Å². The number of hydrogen-bond donors (Lipinski definition) is 0. The van der Waals surface area contributed by atoms with Crippen molar-refractivity contribution < 1.29 is 0 Å². The molecule has 0 radical (unpaired) electrons. The second-order valence-corrected chi connectivity index (χ2v) is 9.46. The zero-order chi connectivity index (χ0) is 14.3. The first-order chi connectivity index (χ1) is 10.00. The minimum absolute atomic E-state index is 0.353. The molecular formula is C18H27N3. The molecule has 2 heterocycles. The molecule has 5 aliphatic rings. The first kappa shape index (κ1) is 12.7. The molecule has 2 unspecified atom stereocenters. The molecule has 3 nitrogen and oxygen atoms in total. The number of hydrogen-bond acceptors (Lipinski definition) is 2. The Kier molecular flexibility index (Phi) is 2.24. The summed E-state index contributed by atoms with van der Waals surface area (Å²) in [7, 11) is 0. The van der Waals surface area contributed by atoms with Crippen molar-refractivity contribution in [1.29, 1.82) is 0 Å². The Morgan fingerprint density at radius 1 is 0.952 bits per heavy atom. The molecule has 0 N–H and O–H groups in total. The average Bonchev–Trinajstić information content (AvgIpc) is 2.78. The zero-order valence-electron chi connectivity index (χ0n) is 13.5. The van der Waals surface area contributed by atoms with Gasteiger partial charge in [-0.25, -0.2) is 0 Å². The molecule has 1 aliphatic heterocycles. The summed E-state index contributed by atoms with van der Waals surface area (Å²) in [4.78, 5) is 0. The van der Waals surface area contributed by atoms with E-state index in [0.29, 0.717) is 16.2 Å². The van der Waals surface area contributed by atoms with Crippen LogP contribution in [-0.4, -0.2) is 14.8 Å². The van der Waals surface area contributed by atoms with Gasteiger partial charge in [0.1, 0.15) is 11.6 Å². The van der Waals surface area contributed by atoms with Crippen LogP contribution in [0.5, 0.6) is 0 Å². The Morgan fingerprint density at radius 3 is 2.43 bits per heavy atom. The molecule has 4 bridgehead atoms. The van der Waals surface area contributed by atoms with Crippen molar-refractivity contribution in [3.05, 3.63) is 11.6 Å². The highest BCUT2D eigenvalue weighted by molar-refractivity contribution is 5.23. The van der Waals surface area contributed by atoms with Crippen LogP contribution < -0.4 is 0 Å². The van der Waals surface area contributed by atoms with Gasteiger partial charge in [-0.15, -0.1) is 10.2 Å². The van der Waals surface area contributed by atoms with Gasteiger partial charge in [0.2, 0.25) is 0 Å². The summed E-state index contributed by atoms with van der Waals surface area (Å²) in [6.07, 6.45) is 12.2. The molecule has 4 aliphatic carbocycles. The summed E-state index contributed by atoms with van der Waals surface area (Å²) in [6, 6.07) is 0. The lowest BCUT2D eigenvalue weighted by Crippen LogP contribution is -2.57. The Hall–Kier alpha value is -0.860. The van der Waals surface area contributed by atoms with E-state index in [2.05, 4.69) is 23.5 Å². The number of aryl methyl sites for hydroxylation is 1. The van der Waals surface area contributed by atoms with Crippen molar-refractivity contribution in [2.75, 3.05) is 0 Å². The SMILES string of the molecule is CC12CC3CC(C)(C1)CC(c1nnc4n1CCCC4)(C3)C2. The number of aromatic nitrogens is 3. The van der Waals surface area contributed by atoms with E-state index in [1.165, 1.54) is 63.0 Å². The van der Waals surface area contributed by atoms with E-state index < -0.39 is 0 Å². The Balaban J connectivity index is 1.64. The van der Waals surface area contributed by atoms with Gasteiger partial charge in [-0.3, -0.25) is 0 Å². The highest BCUT2D eigenvalue weighted by Gasteiger charge is 2.62. The van der Waals surface area contributed by atoms with E-state index in [1.807, 2.05) is 0 Å². The topological polar surface area (TPSA) is 30.7 Å². The van der Waals surface area contributed by atoms with Crippen LogP contribution in [0.3, 0.4) is 0 Å². The van der Waals surface area contributed by atoms with Gasteiger partial charge in [-0.2, -0.15) is 0 Å². The lowest BCUT2D eigenvalue weighted by Gasteiger charge is -2.65. The summed E-state index contributed by atoms with van der Waals surface area (Å²) in [6.45, 7) is 6.27. The van der Waals surface area contributed by atoms with Gasteiger partial charge >= 0.3 is 0 Å². The molecule has 1 aromatic heterocycles. The summed E-state index contributed by atoms with van der Waals surface area (Å²) in [5.74, 6) is 3.58. The quantitative estimate of drug-likeness (QED) is 0.784. The minimum atomic E-state index is 0.353. The molecule has 0 amide bonds. The van der Waals surface area contributed by atoms with Gasteiger partial charge in [0.25, 0.3) is 0 Å². The predicted molar refractivity (Wildman–Crippen MR) is 82.0 cm³/mol. The normalized spacial score (nSPS) is 47.6. The van der Waals surface area contributed by atoms with Crippen molar-refractivity contribution in [2.45, 2.75) is 83.6 Å². The van der Waals surface area contributed by atoms with E-state index in [0.717, 1.165) is 18.9 Å². The second-order valence-electron chi connectivity index (χ2n) is 9.46. The molecule has 6 rings (SSSR count). The van der Waals surface area contributed by atoms with Crippen molar-refractivity contribution in [2.24, 2.45) is 16.7 Å². The van der Waals surface area contributed by atoms with Crippen LogP contribution in [0.25, 0.3) is 0 Å². The largest absolute Gasteiger partial charge is 0.315 e.